The molecule has 7 heteroatoms. The zero-order valence-corrected chi connectivity index (χ0v) is 17.8. The van der Waals surface area contributed by atoms with Gasteiger partial charge in [0.2, 0.25) is 0 Å². The molecule has 1 aromatic heterocycles. The molecular formula is C19H28IN5O. The van der Waals surface area contributed by atoms with Gasteiger partial charge in [-0.05, 0) is 50.5 Å². The van der Waals surface area contributed by atoms with Crippen molar-refractivity contribution in [3.05, 3.63) is 48.3 Å². The van der Waals surface area contributed by atoms with Gasteiger partial charge in [0, 0.05) is 32.1 Å². The second kappa shape index (κ2) is 9.91. The summed E-state index contributed by atoms with van der Waals surface area (Å²) in [7, 11) is 0. The van der Waals surface area contributed by atoms with Crippen molar-refractivity contribution < 1.29 is 4.74 Å². The average Bonchev–Trinajstić information content (AvgIpc) is 3.30. The Morgan fingerprint density at radius 3 is 2.92 bits per heavy atom. The van der Waals surface area contributed by atoms with Gasteiger partial charge >= 0.3 is 0 Å². The van der Waals surface area contributed by atoms with Crippen molar-refractivity contribution in [2.75, 3.05) is 19.7 Å². The molecular weight excluding hydrogens is 441 g/mol. The lowest BCUT2D eigenvalue weighted by molar-refractivity contribution is 0.0243. The molecule has 1 unspecified atom stereocenters. The number of nitrogens with one attached hydrogen (secondary N) is 2. The Morgan fingerprint density at radius 2 is 2.23 bits per heavy atom. The first kappa shape index (κ1) is 20.7. The molecule has 3 rings (SSSR count). The third kappa shape index (κ3) is 5.70. The summed E-state index contributed by atoms with van der Waals surface area (Å²) in [6.45, 7) is 7.30. The van der Waals surface area contributed by atoms with E-state index in [1.54, 1.807) is 6.20 Å². The fourth-order valence-corrected chi connectivity index (χ4v) is 2.98. The van der Waals surface area contributed by atoms with Crippen molar-refractivity contribution in [2.45, 2.75) is 38.8 Å². The van der Waals surface area contributed by atoms with Gasteiger partial charge in [-0.25, -0.2) is 9.67 Å². The minimum atomic E-state index is -0.0871. The molecule has 2 heterocycles. The fourth-order valence-electron chi connectivity index (χ4n) is 2.98. The number of benzene rings is 1. The molecule has 1 aliphatic heterocycles. The number of halogens is 1. The normalized spacial score (nSPS) is 19.8. The molecule has 1 aliphatic rings. The van der Waals surface area contributed by atoms with Gasteiger partial charge in [-0.2, -0.15) is 5.10 Å². The smallest absolute Gasteiger partial charge is 0.191 e. The molecule has 6 nitrogen and oxygen atoms in total. The van der Waals surface area contributed by atoms with E-state index in [1.807, 2.05) is 29.1 Å². The molecule has 0 bridgehead atoms. The van der Waals surface area contributed by atoms with Crippen molar-refractivity contribution >= 4 is 29.9 Å². The number of ether oxygens (including phenoxy) is 1. The van der Waals surface area contributed by atoms with Crippen LogP contribution in [0.3, 0.4) is 0 Å². The lowest BCUT2D eigenvalue weighted by atomic mass is 10.0. The van der Waals surface area contributed by atoms with Crippen LogP contribution in [0.1, 0.15) is 32.3 Å². The lowest BCUT2D eigenvalue weighted by Crippen LogP contribution is -2.45. The summed E-state index contributed by atoms with van der Waals surface area (Å²) in [5.74, 6) is 0.823. The third-order valence-corrected chi connectivity index (χ3v) is 4.37. The predicted molar refractivity (Wildman–Crippen MR) is 115 cm³/mol. The molecule has 26 heavy (non-hydrogen) atoms. The molecule has 1 fully saturated rings. The van der Waals surface area contributed by atoms with E-state index in [1.165, 1.54) is 0 Å². The zero-order chi connectivity index (χ0) is 17.5. The molecule has 0 aliphatic carbocycles. The Hall–Kier alpha value is -1.61. The van der Waals surface area contributed by atoms with E-state index in [0.717, 1.165) is 49.7 Å². The number of guanidine groups is 1. The van der Waals surface area contributed by atoms with Crippen LogP contribution in [0.25, 0.3) is 5.69 Å². The Kier molecular flexibility index (Phi) is 7.89. The van der Waals surface area contributed by atoms with Gasteiger partial charge < -0.3 is 15.4 Å². The number of hydrogen-bond donors (Lipinski definition) is 2. The van der Waals surface area contributed by atoms with Gasteiger partial charge in [-0.1, -0.05) is 12.1 Å². The van der Waals surface area contributed by atoms with Crippen LogP contribution in [0.2, 0.25) is 0 Å². The van der Waals surface area contributed by atoms with Gasteiger partial charge in [0.05, 0.1) is 17.8 Å². The highest BCUT2D eigenvalue weighted by atomic mass is 127. The van der Waals surface area contributed by atoms with Crippen LogP contribution in [-0.2, 0) is 11.3 Å². The van der Waals surface area contributed by atoms with Crippen LogP contribution in [-0.4, -0.2) is 41.0 Å². The Balaban J connectivity index is 0.00000243. The van der Waals surface area contributed by atoms with Crippen molar-refractivity contribution in [1.29, 1.82) is 0 Å². The molecule has 1 saturated heterocycles. The van der Waals surface area contributed by atoms with Gasteiger partial charge in [0.15, 0.2) is 5.96 Å². The predicted octanol–water partition coefficient (Wildman–Crippen LogP) is 3.11. The van der Waals surface area contributed by atoms with Crippen LogP contribution in [0.5, 0.6) is 0 Å². The van der Waals surface area contributed by atoms with Crippen molar-refractivity contribution in [3.8, 4) is 5.69 Å². The molecule has 142 valence electrons. The molecule has 0 saturated carbocycles. The van der Waals surface area contributed by atoms with Crippen LogP contribution in [0.4, 0.5) is 0 Å². The summed E-state index contributed by atoms with van der Waals surface area (Å²) in [6, 6.07) is 10.2. The van der Waals surface area contributed by atoms with E-state index in [0.29, 0.717) is 6.54 Å². The first-order valence-electron chi connectivity index (χ1n) is 8.94. The van der Waals surface area contributed by atoms with E-state index in [9.17, 15) is 0 Å². The summed E-state index contributed by atoms with van der Waals surface area (Å²) in [5, 5.41) is 11.0. The van der Waals surface area contributed by atoms with E-state index >= 15 is 0 Å². The summed E-state index contributed by atoms with van der Waals surface area (Å²) < 4.78 is 7.69. The summed E-state index contributed by atoms with van der Waals surface area (Å²) in [4.78, 5) is 4.71. The van der Waals surface area contributed by atoms with Gasteiger partial charge in [-0.15, -0.1) is 24.0 Å². The Morgan fingerprint density at radius 1 is 1.35 bits per heavy atom. The molecule has 0 spiro atoms. The lowest BCUT2D eigenvalue weighted by Gasteiger charge is -2.24. The molecule has 1 aromatic carbocycles. The topological polar surface area (TPSA) is 63.5 Å². The molecule has 2 N–H and O–H groups in total. The molecule has 0 amide bonds. The minimum Gasteiger partial charge on any atom is -0.373 e. The summed E-state index contributed by atoms with van der Waals surface area (Å²) in [6.07, 6.45) is 5.94. The van der Waals surface area contributed by atoms with E-state index in [2.05, 4.69) is 41.7 Å². The maximum absolute atomic E-state index is 5.83. The Labute approximate surface area is 172 Å². The quantitative estimate of drug-likeness (QED) is 0.388. The average molecular weight is 469 g/mol. The second-order valence-corrected chi connectivity index (χ2v) is 6.57. The first-order valence-corrected chi connectivity index (χ1v) is 8.94. The van der Waals surface area contributed by atoms with Crippen LogP contribution in [0.15, 0.2) is 47.7 Å². The van der Waals surface area contributed by atoms with Crippen LogP contribution < -0.4 is 10.6 Å². The highest BCUT2D eigenvalue weighted by molar-refractivity contribution is 14.0. The summed E-state index contributed by atoms with van der Waals surface area (Å²) >= 11 is 0. The molecule has 2 aromatic rings. The van der Waals surface area contributed by atoms with Gasteiger partial charge in [0.25, 0.3) is 0 Å². The highest BCUT2D eigenvalue weighted by Crippen LogP contribution is 2.23. The monoisotopic (exact) mass is 469 g/mol. The standard InChI is InChI=1S/C19H27N5O.HI/c1-3-20-18(22-15-19(2)9-5-12-25-19)21-14-16-7-4-8-17(13-16)24-11-6-10-23-24;/h4,6-8,10-11,13H,3,5,9,12,14-15H2,1-2H3,(H2,20,21,22);1H. The van der Waals surface area contributed by atoms with Gasteiger partial charge in [0.1, 0.15) is 0 Å². The maximum atomic E-state index is 5.83. The van der Waals surface area contributed by atoms with Gasteiger partial charge in [-0.3, -0.25) is 0 Å². The van der Waals surface area contributed by atoms with Crippen LogP contribution >= 0.6 is 24.0 Å². The number of rotatable bonds is 6. The third-order valence-electron chi connectivity index (χ3n) is 4.37. The van der Waals surface area contributed by atoms with Crippen LogP contribution in [0, 0.1) is 0 Å². The summed E-state index contributed by atoms with van der Waals surface area (Å²) in [5.41, 5.74) is 2.10. The fraction of sp³-hybridized carbons (Fsp3) is 0.474. The van der Waals surface area contributed by atoms with E-state index in [4.69, 9.17) is 9.73 Å². The minimum absolute atomic E-state index is 0. The number of hydrogen-bond acceptors (Lipinski definition) is 3. The second-order valence-electron chi connectivity index (χ2n) is 6.57. The SMILES string of the molecule is CCNC(=NCc1cccc(-n2cccn2)c1)NCC1(C)CCCO1.I. The number of nitrogens with zero attached hydrogens (tertiary/aromatic N) is 3. The molecule has 1 atom stereocenters. The van der Waals surface area contributed by atoms with Crippen molar-refractivity contribution in [1.82, 2.24) is 20.4 Å². The van der Waals surface area contributed by atoms with E-state index in [-0.39, 0.29) is 29.6 Å². The largest absolute Gasteiger partial charge is 0.373 e. The Bertz CT molecular complexity index is 696. The highest BCUT2D eigenvalue weighted by Gasteiger charge is 2.29. The van der Waals surface area contributed by atoms with Crippen molar-refractivity contribution in [2.24, 2.45) is 4.99 Å². The van der Waals surface area contributed by atoms with E-state index < -0.39 is 0 Å². The van der Waals surface area contributed by atoms with Crippen molar-refractivity contribution in [3.63, 3.8) is 0 Å². The maximum Gasteiger partial charge on any atom is 0.191 e. The number of aromatic nitrogens is 2. The molecule has 0 radical (unpaired) electrons. The zero-order valence-electron chi connectivity index (χ0n) is 15.4. The number of aliphatic imine (C=N–C) groups is 1. The first-order chi connectivity index (χ1) is 12.2.